The van der Waals surface area contributed by atoms with Crippen molar-refractivity contribution in [2.24, 2.45) is 105 Å². The van der Waals surface area contributed by atoms with E-state index in [1.54, 1.807) is 0 Å². The van der Waals surface area contributed by atoms with Gasteiger partial charge in [0.05, 0.1) is 97.7 Å². The van der Waals surface area contributed by atoms with E-state index in [1.807, 2.05) is 93.4 Å². The Morgan fingerprint density at radius 3 is 0.936 bits per heavy atom. The average molecular weight is 1430 g/mol. The summed E-state index contributed by atoms with van der Waals surface area (Å²) >= 11 is 13.9. The van der Waals surface area contributed by atoms with E-state index in [2.05, 4.69) is 51.2 Å². The second kappa shape index (κ2) is 25.6. The molecular formula is C71H98O16S7. The molecule has 33 atom stereocenters. The molecule has 8 bridgehead atoms. The predicted molar refractivity (Wildman–Crippen MR) is 366 cm³/mol. The zero-order valence-corrected chi connectivity index (χ0v) is 61.6. The van der Waals surface area contributed by atoms with Crippen molar-refractivity contribution < 1.29 is 76.2 Å². The van der Waals surface area contributed by atoms with Crippen molar-refractivity contribution in [2.45, 2.75) is 237 Å². The van der Waals surface area contributed by atoms with Gasteiger partial charge in [0.1, 0.15) is 19.8 Å². The summed E-state index contributed by atoms with van der Waals surface area (Å²) in [4.78, 5) is 89.9. The highest BCUT2D eigenvalue weighted by Crippen LogP contribution is 2.71. The maximum atomic E-state index is 12.9. The summed E-state index contributed by atoms with van der Waals surface area (Å²) in [5, 5.41) is 9.34. The molecule has 0 spiro atoms. The molecule has 0 aromatic rings. The van der Waals surface area contributed by atoms with E-state index < -0.39 is 10.8 Å². The van der Waals surface area contributed by atoms with Crippen LogP contribution in [-0.4, -0.2) is 186 Å². The van der Waals surface area contributed by atoms with E-state index in [-0.39, 0.29) is 158 Å². The summed E-state index contributed by atoms with van der Waals surface area (Å²) in [5.41, 5.74) is -1.48. The molecule has 7 saturated carbocycles. The van der Waals surface area contributed by atoms with E-state index in [0.717, 1.165) is 106 Å². The lowest BCUT2D eigenvalue weighted by Crippen LogP contribution is -2.41. The molecule has 18 aliphatic rings. The summed E-state index contributed by atoms with van der Waals surface area (Å²) in [6.07, 6.45) is 12.1. The molecule has 18 fully saturated rings. The maximum Gasteiger partial charge on any atom is 0.312 e. The van der Waals surface area contributed by atoms with Crippen LogP contribution in [-0.2, 0) is 76.2 Å². The minimum Gasteiger partial charge on any atom is -0.465 e. The molecule has 0 aromatic heterocycles. The lowest BCUT2D eigenvalue weighted by Gasteiger charge is -2.33. The molecule has 0 aromatic carbocycles. The lowest BCUT2D eigenvalue weighted by atomic mass is 9.80. The van der Waals surface area contributed by atoms with Crippen LogP contribution < -0.4 is 0 Å². The normalized spacial score (nSPS) is 48.5. The predicted octanol–water partition coefficient (Wildman–Crippen LogP) is 10.9. The molecule has 11 aliphatic heterocycles. The number of hydrogen-bond donors (Lipinski definition) is 0. The smallest absolute Gasteiger partial charge is 0.312 e. The number of fused-ring (bicyclic) bond motifs is 23. The van der Waals surface area contributed by atoms with Gasteiger partial charge in [0.2, 0.25) is 0 Å². The number of esters is 7. The summed E-state index contributed by atoms with van der Waals surface area (Å²) in [5.74, 6) is 2.72. The average Bonchev–Trinajstić information content (AvgIpc) is 1.56. The molecule has 7 aliphatic carbocycles. The van der Waals surface area contributed by atoms with Crippen molar-refractivity contribution in [3.8, 4) is 0 Å². The molecule has 33 unspecified atom stereocenters. The molecule has 0 radical (unpaired) electrons. The molecule has 0 N–H and O–H groups in total. The van der Waals surface area contributed by atoms with Crippen LogP contribution in [0.2, 0.25) is 0 Å². The minimum absolute atomic E-state index is 0.0156. The highest BCUT2D eigenvalue weighted by Gasteiger charge is 2.71. The lowest BCUT2D eigenvalue weighted by molar-refractivity contribution is -0.169. The molecule has 11 heterocycles. The summed E-state index contributed by atoms with van der Waals surface area (Å²) in [6, 6.07) is 0. The Labute approximate surface area is 584 Å². The van der Waals surface area contributed by atoms with Crippen LogP contribution in [0.1, 0.15) is 139 Å². The third-order valence-corrected chi connectivity index (χ3v) is 36.5. The standard InChI is InChI=1S/C27H38O6S3.C23H32O4S2.C21H28O6S2/c1-2-27(12-31-24(28)15-3-6-18-21(9-15)34-18,13-32-25(29)16-4-7-19-22(10-16)35-19)14-33-26(30)17-5-8-20-23(11-17)36-20;1-9-11-5-13(19-17(11)28-19)15(9)21(24)26-7-23(3,4)8-27-22(25)16-10(2)12-6-14(16)20-18(12)29-20;1-7-9(13-17-15(28-17)11(7)26-13)19(22)24-5-21(3,4)6-25-20(23)10-8(2)12-16-18(29-16)14(10)27-12/h15-23H,2-14H2,1H3;9-20H,5-8H2,1-4H3;7-18H,5-6H2,1-4H3. The van der Waals surface area contributed by atoms with Gasteiger partial charge in [0.25, 0.3) is 0 Å². The first-order valence-corrected chi connectivity index (χ1v) is 42.6. The number of carbonyl (C=O) groups excluding carboxylic acids is 7. The number of ether oxygens (including phenoxy) is 9. The molecular weight excluding hydrogens is 1330 g/mol. The quantitative estimate of drug-likeness (QED) is 0.0562. The summed E-state index contributed by atoms with van der Waals surface area (Å²) in [7, 11) is 0. The van der Waals surface area contributed by atoms with Gasteiger partial charge in [-0.05, 0) is 124 Å². The van der Waals surface area contributed by atoms with Gasteiger partial charge in [-0.2, -0.15) is 58.8 Å². The Hall–Kier alpha value is -1.34. The Morgan fingerprint density at radius 1 is 0.330 bits per heavy atom. The van der Waals surface area contributed by atoms with E-state index in [4.69, 9.17) is 42.6 Å². The van der Waals surface area contributed by atoms with Crippen LogP contribution in [0.3, 0.4) is 0 Å². The van der Waals surface area contributed by atoms with Gasteiger partial charge < -0.3 is 42.6 Å². The van der Waals surface area contributed by atoms with Crippen molar-refractivity contribution in [1.82, 2.24) is 0 Å². The molecule has 520 valence electrons. The molecule has 11 saturated heterocycles. The zero-order valence-electron chi connectivity index (χ0n) is 55.9. The van der Waals surface area contributed by atoms with Crippen LogP contribution in [0.4, 0.5) is 0 Å². The van der Waals surface area contributed by atoms with Crippen LogP contribution >= 0.6 is 82.3 Å². The van der Waals surface area contributed by atoms with Gasteiger partial charge >= 0.3 is 41.8 Å². The highest BCUT2D eigenvalue weighted by molar-refractivity contribution is 8.09. The van der Waals surface area contributed by atoms with E-state index >= 15 is 0 Å². The fourth-order valence-electron chi connectivity index (χ4n) is 19.6. The van der Waals surface area contributed by atoms with E-state index in [0.29, 0.717) is 80.1 Å². The molecule has 23 heteroatoms. The molecule has 94 heavy (non-hydrogen) atoms. The third-order valence-electron chi connectivity index (χ3n) is 26.1. The topological polar surface area (TPSA) is 203 Å². The fourth-order valence-corrected chi connectivity index (χ4v) is 29.6. The monoisotopic (exact) mass is 1430 g/mol. The molecule has 0 amide bonds. The first kappa shape index (κ1) is 67.2. The molecule has 18 rings (SSSR count). The van der Waals surface area contributed by atoms with Gasteiger partial charge in [0, 0.05) is 84.3 Å². The fraction of sp³-hybridized carbons (Fsp3) is 0.901. The highest BCUT2D eigenvalue weighted by atomic mass is 32.2. The van der Waals surface area contributed by atoms with Crippen molar-refractivity contribution in [1.29, 1.82) is 0 Å². The van der Waals surface area contributed by atoms with Gasteiger partial charge in [-0.3, -0.25) is 33.6 Å². The number of hydrogen-bond acceptors (Lipinski definition) is 23. The summed E-state index contributed by atoms with van der Waals surface area (Å²) in [6.45, 7) is 20.2. The maximum absolute atomic E-state index is 12.9. The van der Waals surface area contributed by atoms with Crippen LogP contribution in [0, 0.1) is 105 Å². The Kier molecular flexibility index (Phi) is 18.3. The van der Waals surface area contributed by atoms with Crippen LogP contribution in [0.5, 0.6) is 0 Å². The van der Waals surface area contributed by atoms with Crippen molar-refractivity contribution in [3.05, 3.63) is 0 Å². The molecule has 16 nitrogen and oxygen atoms in total. The van der Waals surface area contributed by atoms with Gasteiger partial charge in [0.15, 0.2) is 0 Å². The number of carbonyl (C=O) groups is 7. The minimum atomic E-state index is -0.705. The van der Waals surface area contributed by atoms with Crippen molar-refractivity contribution in [2.75, 3.05) is 46.2 Å². The van der Waals surface area contributed by atoms with Crippen molar-refractivity contribution >= 4 is 124 Å². The van der Waals surface area contributed by atoms with Crippen molar-refractivity contribution in [3.63, 3.8) is 0 Å². The number of thioether (sulfide) groups is 7. The van der Waals surface area contributed by atoms with Gasteiger partial charge in [-0.1, -0.05) is 62.3 Å². The van der Waals surface area contributed by atoms with Gasteiger partial charge in [-0.25, -0.2) is 0 Å². The second-order valence-electron chi connectivity index (χ2n) is 33.7. The largest absolute Gasteiger partial charge is 0.465 e. The van der Waals surface area contributed by atoms with E-state index in [1.165, 1.54) is 12.8 Å². The SMILES string of the molecule is CC1C2CC(C3SC23)C1C(=O)OCC(C)(C)COC(=O)C1C(C)C2CC1C1SC21.CC1C2OC(C3SC23)C1C(=O)OCC(C)(C)COC(=O)C1C(C)C2OC1C1SC21.CCC(COC(=O)C1CCC2SC2C1)(COC(=O)C1CCC2SC2C1)COC(=O)C1CCC2SC2C1. The van der Waals surface area contributed by atoms with Crippen LogP contribution in [0.15, 0.2) is 0 Å². The zero-order chi connectivity index (χ0) is 65.3. The first-order chi connectivity index (χ1) is 45.0. The first-order valence-electron chi connectivity index (χ1n) is 36.0. The van der Waals surface area contributed by atoms with E-state index in [9.17, 15) is 33.6 Å². The van der Waals surface area contributed by atoms with Crippen LogP contribution in [0.25, 0.3) is 0 Å². The summed E-state index contributed by atoms with van der Waals surface area (Å²) < 4.78 is 52.5. The third kappa shape index (κ3) is 13.0. The van der Waals surface area contributed by atoms with Gasteiger partial charge in [-0.15, -0.1) is 23.5 Å². The second-order valence-corrected chi connectivity index (χ2v) is 43.6. The Morgan fingerprint density at radius 2 is 0.628 bits per heavy atom. The number of rotatable bonds is 22. The Balaban J connectivity index is 0.000000112. The Bertz CT molecular complexity index is 2660.